The van der Waals surface area contributed by atoms with Crippen LogP contribution < -0.4 is 16.4 Å². The number of hydrogen-bond donors (Lipinski definition) is 3. The third kappa shape index (κ3) is 5.17. The molecule has 0 heterocycles. The first-order chi connectivity index (χ1) is 8.13. The van der Waals surface area contributed by atoms with Gasteiger partial charge in [0.05, 0.1) is 0 Å². The number of nitrogens with one attached hydrogen (secondary N) is 2. The molecule has 0 radical (unpaired) electrons. The normalized spacial score (nSPS) is 24.3. The van der Waals surface area contributed by atoms with Crippen molar-refractivity contribution in [2.45, 2.75) is 45.1 Å². The van der Waals surface area contributed by atoms with E-state index in [0.717, 1.165) is 38.8 Å². The fourth-order valence-corrected chi connectivity index (χ4v) is 2.20. The van der Waals surface area contributed by atoms with Gasteiger partial charge < -0.3 is 16.4 Å². The summed E-state index contributed by atoms with van der Waals surface area (Å²) in [5.41, 5.74) is 5.26. The van der Waals surface area contributed by atoms with Crippen molar-refractivity contribution in [3.8, 4) is 0 Å². The lowest BCUT2D eigenvalue weighted by molar-refractivity contribution is -0.123. The molecule has 4 N–H and O–H groups in total. The Bertz CT molecular complexity index is 260. The summed E-state index contributed by atoms with van der Waals surface area (Å²) in [7, 11) is 0. The van der Waals surface area contributed by atoms with Crippen molar-refractivity contribution in [2.75, 3.05) is 13.1 Å². The van der Waals surface area contributed by atoms with E-state index in [1.807, 2.05) is 6.92 Å². The highest BCUT2D eigenvalue weighted by molar-refractivity contribution is 5.77. The highest BCUT2D eigenvalue weighted by atomic mass is 16.2. The standard InChI is InChI=1S/C12H23N3O2/c1-2-14-8-7-11(16)15-10-5-3-9(4-6-10)12(13)17/h9-10,14H,2-8H2,1H3,(H2,13,17)(H,15,16). The van der Waals surface area contributed by atoms with E-state index in [1.165, 1.54) is 0 Å². The van der Waals surface area contributed by atoms with Crippen LogP contribution in [0.5, 0.6) is 0 Å². The largest absolute Gasteiger partial charge is 0.369 e. The van der Waals surface area contributed by atoms with Crippen LogP contribution in [0.4, 0.5) is 0 Å². The summed E-state index contributed by atoms with van der Waals surface area (Å²) in [6.07, 6.45) is 3.84. The van der Waals surface area contributed by atoms with Crippen LogP contribution in [0.15, 0.2) is 0 Å². The van der Waals surface area contributed by atoms with Gasteiger partial charge in [-0.05, 0) is 32.2 Å². The molecule has 1 saturated carbocycles. The summed E-state index contributed by atoms with van der Waals surface area (Å²) in [6, 6.07) is 0.222. The van der Waals surface area contributed by atoms with E-state index in [1.54, 1.807) is 0 Å². The van der Waals surface area contributed by atoms with E-state index in [9.17, 15) is 9.59 Å². The molecule has 5 nitrogen and oxygen atoms in total. The van der Waals surface area contributed by atoms with Crippen molar-refractivity contribution < 1.29 is 9.59 Å². The molecule has 2 amide bonds. The molecule has 0 spiro atoms. The van der Waals surface area contributed by atoms with Crippen molar-refractivity contribution >= 4 is 11.8 Å². The first kappa shape index (κ1) is 14.0. The molecule has 0 aromatic carbocycles. The highest BCUT2D eigenvalue weighted by Gasteiger charge is 2.25. The maximum absolute atomic E-state index is 11.6. The van der Waals surface area contributed by atoms with E-state index in [-0.39, 0.29) is 23.8 Å². The van der Waals surface area contributed by atoms with Gasteiger partial charge in [-0.2, -0.15) is 0 Å². The van der Waals surface area contributed by atoms with Gasteiger partial charge in [-0.3, -0.25) is 9.59 Å². The Morgan fingerprint density at radius 2 is 1.88 bits per heavy atom. The number of carbonyl (C=O) groups is 2. The maximum Gasteiger partial charge on any atom is 0.221 e. The second-order valence-corrected chi connectivity index (χ2v) is 4.62. The third-order valence-electron chi connectivity index (χ3n) is 3.27. The summed E-state index contributed by atoms with van der Waals surface area (Å²) < 4.78 is 0. The molecule has 1 aliphatic carbocycles. The fourth-order valence-electron chi connectivity index (χ4n) is 2.20. The quantitative estimate of drug-likeness (QED) is 0.579. The third-order valence-corrected chi connectivity index (χ3v) is 3.27. The number of rotatable bonds is 6. The Balaban J connectivity index is 2.17. The molecule has 5 heteroatoms. The van der Waals surface area contributed by atoms with Gasteiger partial charge in [0, 0.05) is 24.9 Å². The Hall–Kier alpha value is -1.10. The molecule has 0 atom stereocenters. The van der Waals surface area contributed by atoms with Crippen molar-refractivity contribution in [2.24, 2.45) is 11.7 Å². The van der Waals surface area contributed by atoms with Gasteiger partial charge in [-0.1, -0.05) is 6.92 Å². The summed E-state index contributed by atoms with van der Waals surface area (Å²) in [5, 5.41) is 6.12. The Labute approximate surface area is 103 Å². The molecule has 0 aromatic rings. The molecule has 1 rings (SSSR count). The minimum Gasteiger partial charge on any atom is -0.369 e. The lowest BCUT2D eigenvalue weighted by atomic mass is 9.85. The second kappa shape index (κ2) is 7.27. The van der Waals surface area contributed by atoms with Crippen LogP contribution in [0.1, 0.15) is 39.0 Å². The van der Waals surface area contributed by atoms with Gasteiger partial charge in [-0.25, -0.2) is 0 Å². The average Bonchev–Trinajstić information content (AvgIpc) is 2.30. The fraction of sp³-hybridized carbons (Fsp3) is 0.833. The zero-order valence-corrected chi connectivity index (χ0v) is 10.5. The summed E-state index contributed by atoms with van der Waals surface area (Å²) in [5.74, 6) is -0.111. The van der Waals surface area contributed by atoms with E-state index in [4.69, 9.17) is 5.73 Å². The number of nitrogens with two attached hydrogens (primary N) is 1. The molecule has 0 aromatic heterocycles. The molecule has 1 fully saturated rings. The van der Waals surface area contributed by atoms with Crippen LogP contribution in [0.3, 0.4) is 0 Å². The zero-order chi connectivity index (χ0) is 12.7. The highest BCUT2D eigenvalue weighted by Crippen LogP contribution is 2.23. The molecule has 0 saturated heterocycles. The van der Waals surface area contributed by atoms with Gasteiger partial charge in [0.2, 0.25) is 11.8 Å². The van der Waals surface area contributed by atoms with Gasteiger partial charge in [0.1, 0.15) is 0 Å². The van der Waals surface area contributed by atoms with Crippen LogP contribution in [-0.2, 0) is 9.59 Å². The first-order valence-corrected chi connectivity index (χ1v) is 6.43. The molecular formula is C12H23N3O2. The van der Waals surface area contributed by atoms with Crippen LogP contribution in [-0.4, -0.2) is 30.9 Å². The van der Waals surface area contributed by atoms with Crippen LogP contribution in [0.25, 0.3) is 0 Å². The molecule has 1 aliphatic rings. The molecule has 0 bridgehead atoms. The predicted molar refractivity (Wildman–Crippen MR) is 66.2 cm³/mol. The number of amides is 2. The van der Waals surface area contributed by atoms with Crippen molar-refractivity contribution in [1.82, 2.24) is 10.6 Å². The molecule has 17 heavy (non-hydrogen) atoms. The molecule has 98 valence electrons. The maximum atomic E-state index is 11.6. The summed E-state index contributed by atoms with van der Waals surface area (Å²) in [4.78, 5) is 22.5. The average molecular weight is 241 g/mol. The second-order valence-electron chi connectivity index (χ2n) is 4.62. The van der Waals surface area contributed by atoms with Gasteiger partial charge >= 0.3 is 0 Å². The van der Waals surface area contributed by atoms with E-state index < -0.39 is 0 Å². The smallest absolute Gasteiger partial charge is 0.221 e. The first-order valence-electron chi connectivity index (χ1n) is 6.43. The van der Waals surface area contributed by atoms with E-state index >= 15 is 0 Å². The van der Waals surface area contributed by atoms with Crippen LogP contribution in [0, 0.1) is 5.92 Å². The Morgan fingerprint density at radius 3 is 2.41 bits per heavy atom. The van der Waals surface area contributed by atoms with E-state index in [2.05, 4.69) is 10.6 Å². The number of hydrogen-bond acceptors (Lipinski definition) is 3. The van der Waals surface area contributed by atoms with Crippen LogP contribution >= 0.6 is 0 Å². The van der Waals surface area contributed by atoms with Gasteiger partial charge in [-0.15, -0.1) is 0 Å². The number of primary amides is 1. The van der Waals surface area contributed by atoms with Gasteiger partial charge in [0.15, 0.2) is 0 Å². The lowest BCUT2D eigenvalue weighted by Crippen LogP contribution is -2.40. The summed E-state index contributed by atoms with van der Waals surface area (Å²) >= 11 is 0. The molecule has 0 aliphatic heterocycles. The van der Waals surface area contributed by atoms with Crippen molar-refractivity contribution in [3.63, 3.8) is 0 Å². The monoisotopic (exact) mass is 241 g/mol. The molecular weight excluding hydrogens is 218 g/mol. The van der Waals surface area contributed by atoms with E-state index in [0.29, 0.717) is 6.42 Å². The van der Waals surface area contributed by atoms with Gasteiger partial charge in [0.25, 0.3) is 0 Å². The predicted octanol–water partition coefficient (Wildman–Crippen LogP) is 0.146. The van der Waals surface area contributed by atoms with Crippen molar-refractivity contribution in [3.05, 3.63) is 0 Å². The Morgan fingerprint density at radius 1 is 1.24 bits per heavy atom. The minimum atomic E-state index is -0.207. The summed E-state index contributed by atoms with van der Waals surface area (Å²) in [6.45, 7) is 3.62. The lowest BCUT2D eigenvalue weighted by Gasteiger charge is -2.27. The molecule has 0 unspecified atom stereocenters. The SMILES string of the molecule is CCNCCC(=O)NC1CCC(C(N)=O)CC1. The van der Waals surface area contributed by atoms with Crippen LogP contribution in [0.2, 0.25) is 0 Å². The minimum absolute atomic E-state index is 0.00455. The van der Waals surface area contributed by atoms with Crippen molar-refractivity contribution in [1.29, 1.82) is 0 Å². The Kier molecular flexibility index (Phi) is 5.97. The topological polar surface area (TPSA) is 84.2 Å². The zero-order valence-electron chi connectivity index (χ0n) is 10.5. The number of carbonyl (C=O) groups excluding carboxylic acids is 2.